The van der Waals surface area contributed by atoms with E-state index in [2.05, 4.69) is 10.2 Å². The monoisotopic (exact) mass is 297 g/mol. The Kier molecular flexibility index (Phi) is 6.23. The number of nitrogens with two attached hydrogens (primary N) is 1. The van der Waals surface area contributed by atoms with Gasteiger partial charge in [0.25, 0.3) is 0 Å². The third-order valence-electron chi connectivity index (χ3n) is 4.52. The molecule has 114 valence electrons. The number of hydrogen-bond donors (Lipinski definition) is 2. The maximum Gasteiger partial charge on any atom is 0.234 e. The van der Waals surface area contributed by atoms with Gasteiger partial charge >= 0.3 is 0 Å². The van der Waals surface area contributed by atoms with E-state index in [-0.39, 0.29) is 5.91 Å². The minimum atomic E-state index is 0.139. The zero-order valence-electron chi connectivity index (χ0n) is 12.3. The molecule has 0 unspecified atom stereocenters. The summed E-state index contributed by atoms with van der Waals surface area (Å²) in [6.45, 7) is 1.01. The summed E-state index contributed by atoms with van der Waals surface area (Å²) in [6.07, 6.45) is 10.9. The van der Waals surface area contributed by atoms with Crippen LogP contribution >= 0.6 is 12.2 Å². The summed E-state index contributed by atoms with van der Waals surface area (Å²) in [4.78, 5) is 14.9. The summed E-state index contributed by atoms with van der Waals surface area (Å²) in [5.41, 5.74) is 5.68. The second-order valence-electron chi connectivity index (χ2n) is 6.21. The Balaban J connectivity index is 1.82. The van der Waals surface area contributed by atoms with Gasteiger partial charge < -0.3 is 11.1 Å². The summed E-state index contributed by atoms with van der Waals surface area (Å²) in [6, 6.07) is 0.861. The number of nitrogens with zero attached hydrogens (tertiary/aromatic N) is 1. The molecule has 2 rings (SSSR count). The van der Waals surface area contributed by atoms with E-state index in [9.17, 15) is 4.79 Å². The van der Waals surface area contributed by atoms with Gasteiger partial charge in [0.15, 0.2) is 0 Å². The van der Waals surface area contributed by atoms with Crippen molar-refractivity contribution < 1.29 is 4.79 Å². The molecule has 2 saturated carbocycles. The molecule has 0 saturated heterocycles. The molecule has 0 bridgehead atoms. The third kappa shape index (κ3) is 5.02. The van der Waals surface area contributed by atoms with Crippen molar-refractivity contribution in [3.8, 4) is 0 Å². The van der Waals surface area contributed by atoms with Gasteiger partial charge in [-0.25, -0.2) is 0 Å². The summed E-state index contributed by atoms with van der Waals surface area (Å²) < 4.78 is 0. The molecule has 2 aliphatic rings. The lowest BCUT2D eigenvalue weighted by Crippen LogP contribution is -2.47. The van der Waals surface area contributed by atoms with Crippen LogP contribution in [0.3, 0.4) is 0 Å². The zero-order chi connectivity index (χ0) is 14.4. The summed E-state index contributed by atoms with van der Waals surface area (Å²) in [7, 11) is 0. The van der Waals surface area contributed by atoms with Crippen LogP contribution in [-0.4, -0.2) is 41.0 Å². The van der Waals surface area contributed by atoms with E-state index in [0.29, 0.717) is 30.2 Å². The Bertz CT molecular complexity index is 336. The highest BCUT2D eigenvalue weighted by Crippen LogP contribution is 2.23. The summed E-state index contributed by atoms with van der Waals surface area (Å²) in [5.74, 6) is 0.139. The van der Waals surface area contributed by atoms with Crippen LogP contribution in [0.1, 0.15) is 57.8 Å². The average Bonchev–Trinajstić information content (AvgIpc) is 2.92. The number of hydrogen-bond acceptors (Lipinski definition) is 3. The summed E-state index contributed by atoms with van der Waals surface area (Å²) >= 11 is 5.03. The van der Waals surface area contributed by atoms with Crippen molar-refractivity contribution in [3.05, 3.63) is 0 Å². The minimum Gasteiger partial charge on any atom is -0.392 e. The Morgan fingerprint density at radius 2 is 1.65 bits per heavy atom. The normalized spacial score (nSPS) is 21.2. The van der Waals surface area contributed by atoms with Crippen LogP contribution in [0.2, 0.25) is 0 Å². The fourth-order valence-electron chi connectivity index (χ4n) is 3.49. The molecule has 1 amide bonds. The molecule has 0 heterocycles. The molecule has 5 heteroatoms. The lowest BCUT2D eigenvalue weighted by molar-refractivity contribution is -0.123. The van der Waals surface area contributed by atoms with Gasteiger partial charge in [0, 0.05) is 18.6 Å². The van der Waals surface area contributed by atoms with Gasteiger partial charge in [-0.2, -0.15) is 0 Å². The smallest absolute Gasteiger partial charge is 0.234 e. The predicted octanol–water partition coefficient (Wildman–Crippen LogP) is 1.97. The molecule has 0 atom stereocenters. The van der Waals surface area contributed by atoms with Crippen LogP contribution in [0.5, 0.6) is 0 Å². The number of rotatable bonds is 6. The average molecular weight is 297 g/mol. The van der Waals surface area contributed by atoms with Crippen LogP contribution < -0.4 is 11.1 Å². The van der Waals surface area contributed by atoms with Crippen molar-refractivity contribution in [3.63, 3.8) is 0 Å². The van der Waals surface area contributed by atoms with Crippen molar-refractivity contribution in [2.45, 2.75) is 69.9 Å². The first-order chi connectivity index (χ1) is 9.65. The van der Waals surface area contributed by atoms with E-state index in [1.807, 2.05) is 0 Å². The second kappa shape index (κ2) is 7.93. The van der Waals surface area contributed by atoms with Crippen LogP contribution in [-0.2, 0) is 4.79 Å². The number of nitrogens with one attached hydrogen (secondary N) is 1. The molecule has 0 aromatic rings. The van der Waals surface area contributed by atoms with Gasteiger partial charge in [0.05, 0.1) is 11.5 Å². The first-order valence-electron chi connectivity index (χ1n) is 7.97. The Morgan fingerprint density at radius 1 is 1.05 bits per heavy atom. The van der Waals surface area contributed by atoms with Crippen molar-refractivity contribution >= 4 is 23.1 Å². The van der Waals surface area contributed by atoms with Gasteiger partial charge in [-0.1, -0.05) is 44.3 Å². The maximum atomic E-state index is 12.2. The largest absolute Gasteiger partial charge is 0.392 e. The highest BCUT2D eigenvalue weighted by atomic mass is 32.1. The summed E-state index contributed by atoms with van der Waals surface area (Å²) in [5, 5.41) is 3.18. The van der Waals surface area contributed by atoms with E-state index < -0.39 is 0 Å². The zero-order valence-corrected chi connectivity index (χ0v) is 13.1. The molecule has 0 aromatic carbocycles. The van der Waals surface area contributed by atoms with E-state index in [1.54, 1.807) is 0 Å². The highest BCUT2D eigenvalue weighted by Gasteiger charge is 2.25. The van der Waals surface area contributed by atoms with E-state index in [1.165, 1.54) is 44.9 Å². The van der Waals surface area contributed by atoms with E-state index in [4.69, 9.17) is 18.0 Å². The van der Waals surface area contributed by atoms with Crippen LogP contribution in [0.25, 0.3) is 0 Å². The molecule has 0 spiro atoms. The maximum absolute atomic E-state index is 12.2. The quantitative estimate of drug-likeness (QED) is 0.736. The second-order valence-corrected chi connectivity index (χ2v) is 6.74. The Hall–Kier alpha value is -0.680. The number of amides is 1. The van der Waals surface area contributed by atoms with E-state index >= 15 is 0 Å². The van der Waals surface area contributed by atoms with Crippen LogP contribution in [0.15, 0.2) is 0 Å². The topological polar surface area (TPSA) is 58.4 Å². The lowest BCUT2D eigenvalue weighted by atomic mass is 9.95. The molecule has 0 aliphatic heterocycles. The molecule has 0 aromatic heterocycles. The molecule has 2 fully saturated rings. The van der Waals surface area contributed by atoms with Crippen molar-refractivity contribution in [1.82, 2.24) is 10.2 Å². The first-order valence-corrected chi connectivity index (χ1v) is 8.37. The molecule has 4 nitrogen and oxygen atoms in total. The van der Waals surface area contributed by atoms with E-state index in [0.717, 1.165) is 12.8 Å². The van der Waals surface area contributed by atoms with Crippen molar-refractivity contribution in [1.29, 1.82) is 0 Å². The van der Waals surface area contributed by atoms with Gasteiger partial charge in [0.1, 0.15) is 0 Å². The molecule has 20 heavy (non-hydrogen) atoms. The standard InChI is InChI=1S/C15H27N3OS/c16-14(20)10-18(13-8-4-5-9-13)11-15(19)17-12-6-2-1-3-7-12/h12-13H,1-11H2,(H2,16,20)(H,17,19). The predicted molar refractivity (Wildman–Crippen MR) is 85.6 cm³/mol. The Labute approximate surface area is 127 Å². The Morgan fingerprint density at radius 3 is 2.25 bits per heavy atom. The van der Waals surface area contributed by atoms with Crippen LogP contribution in [0, 0.1) is 0 Å². The fraction of sp³-hybridized carbons (Fsp3) is 0.867. The number of carbonyl (C=O) groups is 1. The molecule has 3 N–H and O–H groups in total. The van der Waals surface area contributed by atoms with Gasteiger partial charge in [-0.3, -0.25) is 9.69 Å². The first kappa shape index (κ1) is 15.7. The fourth-order valence-corrected chi connectivity index (χ4v) is 3.65. The van der Waals surface area contributed by atoms with Crippen molar-refractivity contribution in [2.75, 3.05) is 13.1 Å². The third-order valence-corrected chi connectivity index (χ3v) is 4.65. The van der Waals surface area contributed by atoms with Crippen molar-refractivity contribution in [2.24, 2.45) is 5.73 Å². The van der Waals surface area contributed by atoms with Gasteiger partial charge in [-0.15, -0.1) is 0 Å². The molecule has 0 radical (unpaired) electrons. The highest BCUT2D eigenvalue weighted by molar-refractivity contribution is 7.80. The van der Waals surface area contributed by atoms with Crippen LogP contribution in [0.4, 0.5) is 0 Å². The lowest BCUT2D eigenvalue weighted by Gasteiger charge is -2.29. The number of carbonyl (C=O) groups excluding carboxylic acids is 1. The SMILES string of the molecule is NC(=S)CN(CC(=O)NC1CCCCC1)C1CCCC1. The molecule has 2 aliphatic carbocycles. The molecular formula is C15H27N3OS. The van der Waals surface area contributed by atoms with Gasteiger partial charge in [0.2, 0.25) is 5.91 Å². The minimum absolute atomic E-state index is 0.139. The molecular weight excluding hydrogens is 270 g/mol. The number of thiocarbonyl (C=S) groups is 1. The van der Waals surface area contributed by atoms with Gasteiger partial charge in [-0.05, 0) is 25.7 Å².